The number of nitrogens with zero attached hydrogens (tertiary/aromatic N) is 2. The van der Waals surface area contributed by atoms with Crippen molar-refractivity contribution in [3.63, 3.8) is 0 Å². The second kappa shape index (κ2) is 9.76. The highest BCUT2D eigenvalue weighted by Gasteiger charge is 2.05. The molecule has 0 aliphatic carbocycles. The van der Waals surface area contributed by atoms with Crippen LogP contribution >= 0.6 is 0 Å². The van der Waals surface area contributed by atoms with Gasteiger partial charge in [-0.05, 0) is 33.6 Å². The van der Waals surface area contributed by atoms with Crippen LogP contribution in [0.3, 0.4) is 0 Å². The van der Waals surface area contributed by atoms with E-state index in [0.29, 0.717) is 6.42 Å². The molecule has 0 saturated heterocycles. The number of carboxylic acid groups (broad SMARTS) is 1. The standard InChI is InChI=1S/C16H26N4O3/c1-11-12(2)19-13(3)20-16(11)18-9-6-4-5-7-14(21)17-10-8-15(22)23/h4-10H2,1-3H3,(H,17,21)(H,22,23)(H,18,19,20). The molecule has 7 nitrogen and oxygen atoms in total. The second-order valence-electron chi connectivity index (χ2n) is 5.56. The summed E-state index contributed by atoms with van der Waals surface area (Å²) in [5.74, 6) is 0.647. The number of nitrogens with one attached hydrogen (secondary N) is 2. The third-order valence-corrected chi connectivity index (χ3v) is 3.54. The molecule has 0 fully saturated rings. The van der Waals surface area contributed by atoms with E-state index in [9.17, 15) is 9.59 Å². The molecule has 0 aromatic carbocycles. The van der Waals surface area contributed by atoms with Crippen LogP contribution in [0.5, 0.6) is 0 Å². The first-order valence-corrected chi connectivity index (χ1v) is 7.94. The Morgan fingerprint density at radius 3 is 2.43 bits per heavy atom. The van der Waals surface area contributed by atoms with Crippen molar-refractivity contribution in [2.75, 3.05) is 18.4 Å². The number of carbonyl (C=O) groups is 2. The van der Waals surface area contributed by atoms with Gasteiger partial charge >= 0.3 is 5.97 Å². The molecular weight excluding hydrogens is 296 g/mol. The van der Waals surface area contributed by atoms with Crippen molar-refractivity contribution in [2.24, 2.45) is 0 Å². The molecule has 23 heavy (non-hydrogen) atoms. The number of aryl methyl sites for hydroxylation is 2. The van der Waals surface area contributed by atoms with E-state index in [-0.39, 0.29) is 18.9 Å². The first-order chi connectivity index (χ1) is 10.9. The summed E-state index contributed by atoms with van der Waals surface area (Å²) in [6.45, 7) is 6.84. The van der Waals surface area contributed by atoms with Gasteiger partial charge < -0.3 is 15.7 Å². The molecule has 1 heterocycles. The van der Waals surface area contributed by atoms with Crippen LogP contribution in [0.25, 0.3) is 0 Å². The van der Waals surface area contributed by atoms with Gasteiger partial charge in [0.1, 0.15) is 11.6 Å². The highest BCUT2D eigenvalue weighted by Crippen LogP contribution is 2.14. The third kappa shape index (κ3) is 7.58. The number of unbranched alkanes of at least 4 members (excludes halogenated alkanes) is 2. The minimum atomic E-state index is -0.901. The number of carbonyl (C=O) groups excluding carboxylic acids is 1. The van der Waals surface area contributed by atoms with Gasteiger partial charge in [0.2, 0.25) is 5.91 Å². The van der Waals surface area contributed by atoms with Crippen LogP contribution in [-0.2, 0) is 9.59 Å². The zero-order valence-corrected chi connectivity index (χ0v) is 14.1. The number of aromatic nitrogens is 2. The molecule has 3 N–H and O–H groups in total. The third-order valence-electron chi connectivity index (χ3n) is 3.54. The lowest BCUT2D eigenvalue weighted by Gasteiger charge is -2.11. The summed E-state index contributed by atoms with van der Waals surface area (Å²) >= 11 is 0. The largest absolute Gasteiger partial charge is 0.481 e. The SMILES string of the molecule is Cc1nc(C)c(C)c(NCCCCCC(=O)NCCC(=O)O)n1. The Bertz CT molecular complexity index is 546. The van der Waals surface area contributed by atoms with Crippen LogP contribution in [0, 0.1) is 20.8 Å². The molecule has 1 aromatic heterocycles. The van der Waals surface area contributed by atoms with Crippen molar-refractivity contribution in [3.05, 3.63) is 17.1 Å². The number of hydrogen-bond acceptors (Lipinski definition) is 5. The van der Waals surface area contributed by atoms with Crippen LogP contribution in [0.4, 0.5) is 5.82 Å². The quantitative estimate of drug-likeness (QED) is 0.569. The molecule has 1 rings (SSSR count). The summed E-state index contributed by atoms with van der Waals surface area (Å²) in [6, 6.07) is 0. The van der Waals surface area contributed by atoms with Gasteiger partial charge in [0.25, 0.3) is 0 Å². The number of amides is 1. The van der Waals surface area contributed by atoms with E-state index in [1.54, 1.807) is 0 Å². The molecule has 0 atom stereocenters. The zero-order chi connectivity index (χ0) is 17.2. The summed E-state index contributed by atoms with van der Waals surface area (Å²) in [6.07, 6.45) is 3.07. The summed E-state index contributed by atoms with van der Waals surface area (Å²) in [5.41, 5.74) is 2.05. The maximum absolute atomic E-state index is 11.5. The Kier molecular flexibility index (Phi) is 8.01. The zero-order valence-electron chi connectivity index (χ0n) is 14.1. The first kappa shape index (κ1) is 18.9. The van der Waals surface area contributed by atoms with Gasteiger partial charge in [0.05, 0.1) is 6.42 Å². The minimum Gasteiger partial charge on any atom is -0.481 e. The molecule has 0 saturated carbocycles. The Balaban J connectivity index is 2.14. The lowest BCUT2D eigenvalue weighted by Crippen LogP contribution is -2.25. The second-order valence-corrected chi connectivity index (χ2v) is 5.56. The Morgan fingerprint density at radius 1 is 1.00 bits per heavy atom. The van der Waals surface area contributed by atoms with Crippen LogP contribution in [0.2, 0.25) is 0 Å². The monoisotopic (exact) mass is 322 g/mol. The smallest absolute Gasteiger partial charge is 0.305 e. The highest BCUT2D eigenvalue weighted by atomic mass is 16.4. The van der Waals surface area contributed by atoms with Gasteiger partial charge in [-0.1, -0.05) is 6.42 Å². The molecule has 0 bridgehead atoms. The van der Waals surface area contributed by atoms with Crippen molar-refractivity contribution in [1.82, 2.24) is 15.3 Å². The Morgan fingerprint density at radius 2 is 1.74 bits per heavy atom. The number of hydrogen-bond donors (Lipinski definition) is 3. The molecule has 128 valence electrons. The lowest BCUT2D eigenvalue weighted by atomic mass is 10.2. The summed E-state index contributed by atoms with van der Waals surface area (Å²) in [4.78, 5) is 30.5. The predicted octanol–water partition coefficient (Wildman–Crippen LogP) is 1.97. The lowest BCUT2D eigenvalue weighted by molar-refractivity contribution is -0.136. The Hall–Kier alpha value is -2.18. The van der Waals surface area contributed by atoms with Crippen LogP contribution in [0.15, 0.2) is 0 Å². The van der Waals surface area contributed by atoms with Gasteiger partial charge in [-0.25, -0.2) is 9.97 Å². The predicted molar refractivity (Wildman–Crippen MR) is 88.5 cm³/mol. The minimum absolute atomic E-state index is 0.0349. The van der Waals surface area contributed by atoms with E-state index in [1.165, 1.54) is 0 Å². The van der Waals surface area contributed by atoms with E-state index in [2.05, 4.69) is 20.6 Å². The van der Waals surface area contributed by atoms with Crippen LogP contribution in [0.1, 0.15) is 49.2 Å². The van der Waals surface area contributed by atoms with E-state index in [4.69, 9.17) is 5.11 Å². The van der Waals surface area contributed by atoms with E-state index < -0.39 is 5.97 Å². The molecular formula is C16H26N4O3. The molecule has 1 amide bonds. The molecule has 0 spiro atoms. The molecule has 0 aliphatic heterocycles. The van der Waals surface area contributed by atoms with Gasteiger partial charge in [0.15, 0.2) is 0 Å². The van der Waals surface area contributed by atoms with Crippen molar-refractivity contribution in [1.29, 1.82) is 0 Å². The number of carboxylic acids is 1. The average Bonchev–Trinajstić information content (AvgIpc) is 2.47. The maximum Gasteiger partial charge on any atom is 0.305 e. The van der Waals surface area contributed by atoms with E-state index in [0.717, 1.165) is 48.7 Å². The number of aliphatic carboxylic acids is 1. The normalized spacial score (nSPS) is 10.4. The van der Waals surface area contributed by atoms with E-state index in [1.807, 2.05) is 20.8 Å². The highest BCUT2D eigenvalue weighted by molar-refractivity contribution is 5.76. The molecule has 0 unspecified atom stereocenters. The first-order valence-electron chi connectivity index (χ1n) is 7.94. The van der Waals surface area contributed by atoms with Crippen LogP contribution < -0.4 is 10.6 Å². The number of rotatable bonds is 10. The van der Waals surface area contributed by atoms with Gasteiger partial charge in [0, 0.05) is 30.8 Å². The number of anilines is 1. The van der Waals surface area contributed by atoms with Crippen molar-refractivity contribution < 1.29 is 14.7 Å². The van der Waals surface area contributed by atoms with Crippen LogP contribution in [-0.4, -0.2) is 40.0 Å². The van der Waals surface area contributed by atoms with Gasteiger partial charge in [-0.2, -0.15) is 0 Å². The molecule has 0 aliphatic rings. The van der Waals surface area contributed by atoms with Crippen molar-refractivity contribution >= 4 is 17.7 Å². The molecule has 0 radical (unpaired) electrons. The Labute approximate surface area is 136 Å². The summed E-state index contributed by atoms with van der Waals surface area (Å²) < 4.78 is 0. The van der Waals surface area contributed by atoms with E-state index >= 15 is 0 Å². The molecule has 1 aromatic rings. The topological polar surface area (TPSA) is 104 Å². The summed E-state index contributed by atoms with van der Waals surface area (Å²) in [5, 5.41) is 14.4. The molecule has 7 heteroatoms. The maximum atomic E-state index is 11.5. The van der Waals surface area contributed by atoms with Gasteiger partial charge in [-0.15, -0.1) is 0 Å². The fourth-order valence-corrected chi connectivity index (χ4v) is 2.13. The van der Waals surface area contributed by atoms with Gasteiger partial charge in [-0.3, -0.25) is 9.59 Å². The summed E-state index contributed by atoms with van der Waals surface area (Å²) in [7, 11) is 0. The fourth-order valence-electron chi connectivity index (χ4n) is 2.13. The van der Waals surface area contributed by atoms with Crippen molar-refractivity contribution in [3.8, 4) is 0 Å². The fraction of sp³-hybridized carbons (Fsp3) is 0.625. The van der Waals surface area contributed by atoms with Crippen molar-refractivity contribution in [2.45, 2.75) is 52.9 Å². The average molecular weight is 322 g/mol.